The fourth-order valence-electron chi connectivity index (χ4n) is 3.26. The van der Waals surface area contributed by atoms with Gasteiger partial charge in [0.1, 0.15) is 17.5 Å². The van der Waals surface area contributed by atoms with Crippen LogP contribution >= 0.6 is 0 Å². The Morgan fingerprint density at radius 2 is 1.86 bits per heavy atom. The van der Waals surface area contributed by atoms with Crippen molar-refractivity contribution in [3.05, 3.63) is 59.3 Å². The van der Waals surface area contributed by atoms with E-state index in [1.165, 1.54) is 12.1 Å². The highest BCUT2D eigenvalue weighted by Gasteiger charge is 2.20. The van der Waals surface area contributed by atoms with E-state index in [4.69, 9.17) is 0 Å². The molecular formula is C21H26F2N4O. The normalized spacial score (nSPS) is 14.0. The first-order valence-electron chi connectivity index (χ1n) is 9.53. The van der Waals surface area contributed by atoms with Gasteiger partial charge in [-0.05, 0) is 45.1 Å². The van der Waals surface area contributed by atoms with Crippen molar-refractivity contribution in [1.82, 2.24) is 14.8 Å². The zero-order chi connectivity index (χ0) is 20.1. The fraction of sp³-hybridized carbons (Fsp3) is 0.429. The third-order valence-corrected chi connectivity index (χ3v) is 4.91. The van der Waals surface area contributed by atoms with Crippen molar-refractivity contribution in [2.45, 2.75) is 19.4 Å². The Morgan fingerprint density at radius 1 is 1.11 bits per heavy atom. The Morgan fingerprint density at radius 3 is 2.46 bits per heavy atom. The number of likely N-dealkylation sites (N-methyl/N-ethyl adjacent to an activating group) is 1. The first kappa shape index (κ1) is 20.2. The molecule has 0 unspecified atom stereocenters. The summed E-state index contributed by atoms with van der Waals surface area (Å²) in [7, 11) is 3.82. The Bertz CT molecular complexity index is 805. The third kappa shape index (κ3) is 5.04. The van der Waals surface area contributed by atoms with Crippen molar-refractivity contribution >= 4 is 11.7 Å². The van der Waals surface area contributed by atoms with E-state index in [2.05, 4.69) is 9.88 Å². The second-order valence-electron chi connectivity index (χ2n) is 7.36. The van der Waals surface area contributed by atoms with E-state index < -0.39 is 11.6 Å². The standard InChI is InChI=1S/C21H26F2N4O/c1-25(2)11-12-27(15-17-5-7-18(22)13-19(17)23)21(28)16-6-8-20(24-14-16)26-9-3-4-10-26/h5-8,13-14H,3-4,9-12,15H2,1-2H3. The number of hydrogen-bond donors (Lipinski definition) is 0. The summed E-state index contributed by atoms with van der Waals surface area (Å²) in [6.45, 7) is 3.11. The summed E-state index contributed by atoms with van der Waals surface area (Å²) >= 11 is 0. The molecule has 0 aliphatic carbocycles. The second-order valence-corrected chi connectivity index (χ2v) is 7.36. The van der Waals surface area contributed by atoms with Crippen LogP contribution in [0.25, 0.3) is 0 Å². The minimum Gasteiger partial charge on any atom is -0.357 e. The molecule has 1 aliphatic heterocycles. The molecule has 1 amide bonds. The molecule has 0 spiro atoms. The Labute approximate surface area is 164 Å². The van der Waals surface area contributed by atoms with E-state index >= 15 is 0 Å². The summed E-state index contributed by atoms with van der Waals surface area (Å²) in [4.78, 5) is 23.2. The van der Waals surface area contributed by atoms with Crippen LogP contribution in [-0.2, 0) is 6.54 Å². The molecule has 28 heavy (non-hydrogen) atoms. The molecule has 0 bridgehead atoms. The van der Waals surface area contributed by atoms with Crippen LogP contribution in [0.5, 0.6) is 0 Å². The number of amides is 1. The molecule has 150 valence electrons. The zero-order valence-corrected chi connectivity index (χ0v) is 16.4. The maximum atomic E-state index is 14.1. The molecule has 0 atom stereocenters. The summed E-state index contributed by atoms with van der Waals surface area (Å²) < 4.78 is 27.3. The van der Waals surface area contributed by atoms with E-state index in [0.29, 0.717) is 18.7 Å². The summed E-state index contributed by atoms with van der Waals surface area (Å²) in [5.41, 5.74) is 0.749. The fourth-order valence-corrected chi connectivity index (χ4v) is 3.26. The van der Waals surface area contributed by atoms with Crippen LogP contribution < -0.4 is 4.90 Å². The molecule has 1 saturated heterocycles. The Hall–Kier alpha value is -2.54. The number of carbonyl (C=O) groups is 1. The lowest BCUT2D eigenvalue weighted by Gasteiger charge is -2.25. The van der Waals surface area contributed by atoms with Crippen LogP contribution in [0.4, 0.5) is 14.6 Å². The van der Waals surface area contributed by atoms with Crippen molar-refractivity contribution in [3.8, 4) is 0 Å². The molecule has 3 rings (SSSR count). The Kier molecular flexibility index (Phi) is 6.57. The molecule has 1 aromatic heterocycles. The summed E-state index contributed by atoms with van der Waals surface area (Å²) in [6.07, 6.45) is 3.90. The van der Waals surface area contributed by atoms with Gasteiger partial charge in [0, 0.05) is 50.6 Å². The molecular weight excluding hydrogens is 362 g/mol. The van der Waals surface area contributed by atoms with Crippen molar-refractivity contribution < 1.29 is 13.6 Å². The highest BCUT2D eigenvalue weighted by molar-refractivity contribution is 5.94. The van der Waals surface area contributed by atoms with E-state index in [1.54, 1.807) is 17.2 Å². The lowest BCUT2D eigenvalue weighted by Crippen LogP contribution is -2.36. The van der Waals surface area contributed by atoms with Gasteiger partial charge in [-0.3, -0.25) is 4.79 Å². The monoisotopic (exact) mass is 388 g/mol. The molecule has 0 saturated carbocycles. The number of carbonyl (C=O) groups excluding carboxylic acids is 1. The topological polar surface area (TPSA) is 39.7 Å². The van der Waals surface area contributed by atoms with Crippen molar-refractivity contribution in [2.24, 2.45) is 0 Å². The van der Waals surface area contributed by atoms with E-state index in [9.17, 15) is 13.6 Å². The molecule has 0 radical (unpaired) electrons. The van der Waals surface area contributed by atoms with Gasteiger partial charge in [0.05, 0.1) is 5.56 Å². The second kappa shape index (κ2) is 9.10. The van der Waals surface area contributed by atoms with Gasteiger partial charge in [-0.15, -0.1) is 0 Å². The maximum Gasteiger partial charge on any atom is 0.255 e. The van der Waals surface area contributed by atoms with Crippen molar-refractivity contribution in [1.29, 1.82) is 0 Å². The van der Waals surface area contributed by atoms with Gasteiger partial charge < -0.3 is 14.7 Å². The molecule has 1 aliphatic rings. The van der Waals surface area contributed by atoms with Gasteiger partial charge >= 0.3 is 0 Å². The number of anilines is 1. The minimum atomic E-state index is -0.648. The molecule has 7 heteroatoms. The quantitative estimate of drug-likeness (QED) is 0.731. The van der Waals surface area contributed by atoms with Crippen LogP contribution in [-0.4, -0.2) is 61.0 Å². The van der Waals surface area contributed by atoms with Gasteiger partial charge in [0.25, 0.3) is 5.91 Å². The highest BCUT2D eigenvalue weighted by atomic mass is 19.1. The average Bonchev–Trinajstić information content (AvgIpc) is 3.21. The van der Waals surface area contributed by atoms with Gasteiger partial charge in [0.15, 0.2) is 0 Å². The lowest BCUT2D eigenvalue weighted by molar-refractivity contribution is 0.0730. The van der Waals surface area contributed by atoms with Gasteiger partial charge in [-0.2, -0.15) is 0 Å². The van der Waals surface area contributed by atoms with Crippen molar-refractivity contribution in [2.75, 3.05) is 45.2 Å². The first-order valence-corrected chi connectivity index (χ1v) is 9.53. The third-order valence-electron chi connectivity index (χ3n) is 4.91. The largest absolute Gasteiger partial charge is 0.357 e. The highest BCUT2D eigenvalue weighted by Crippen LogP contribution is 2.19. The van der Waals surface area contributed by atoms with Gasteiger partial charge in [-0.1, -0.05) is 6.07 Å². The average molecular weight is 388 g/mol. The predicted molar refractivity (Wildman–Crippen MR) is 105 cm³/mol. The molecule has 2 aromatic rings. The number of rotatable bonds is 7. The van der Waals surface area contributed by atoms with Crippen molar-refractivity contribution in [3.63, 3.8) is 0 Å². The molecule has 1 fully saturated rings. The maximum absolute atomic E-state index is 14.1. The number of hydrogen-bond acceptors (Lipinski definition) is 4. The van der Waals surface area contributed by atoms with Crippen LogP contribution in [0.15, 0.2) is 36.5 Å². The molecule has 5 nitrogen and oxygen atoms in total. The number of halogens is 2. The lowest BCUT2D eigenvalue weighted by atomic mass is 10.1. The molecule has 2 heterocycles. The van der Waals surface area contributed by atoms with Gasteiger partial charge in [0.2, 0.25) is 0 Å². The number of aromatic nitrogens is 1. The zero-order valence-electron chi connectivity index (χ0n) is 16.4. The van der Waals surface area contributed by atoms with Crippen LogP contribution in [0.1, 0.15) is 28.8 Å². The van der Waals surface area contributed by atoms with Crippen LogP contribution in [0.3, 0.4) is 0 Å². The van der Waals surface area contributed by atoms with E-state index in [-0.39, 0.29) is 18.0 Å². The Balaban J connectivity index is 1.77. The van der Waals surface area contributed by atoms with E-state index in [1.807, 2.05) is 25.1 Å². The summed E-state index contributed by atoms with van der Waals surface area (Å²) in [6, 6.07) is 7.07. The van der Waals surface area contributed by atoms with E-state index in [0.717, 1.165) is 37.8 Å². The van der Waals surface area contributed by atoms with Crippen LogP contribution in [0.2, 0.25) is 0 Å². The molecule has 1 aromatic carbocycles. The number of nitrogens with zero attached hydrogens (tertiary/aromatic N) is 4. The summed E-state index contributed by atoms with van der Waals surface area (Å²) in [5.74, 6) is -0.621. The molecule has 0 N–H and O–H groups in total. The predicted octanol–water partition coefficient (Wildman–Crippen LogP) is 3.16. The SMILES string of the molecule is CN(C)CCN(Cc1ccc(F)cc1F)C(=O)c1ccc(N2CCCC2)nc1. The smallest absolute Gasteiger partial charge is 0.255 e. The number of pyridine rings is 1. The first-order chi connectivity index (χ1) is 13.4. The minimum absolute atomic E-state index is 0.0761. The van der Waals surface area contributed by atoms with Gasteiger partial charge in [-0.25, -0.2) is 13.8 Å². The summed E-state index contributed by atoms with van der Waals surface area (Å²) in [5, 5.41) is 0. The van der Waals surface area contributed by atoms with Crippen LogP contribution in [0, 0.1) is 11.6 Å². The number of benzene rings is 1.